The molecule has 2 N–H and O–H groups in total. The van der Waals surface area contributed by atoms with Crippen molar-refractivity contribution < 1.29 is 32.6 Å². The minimum absolute atomic E-state index is 0.101. The molecule has 0 aliphatic carbocycles. The Balaban J connectivity index is 0.000000671. The Morgan fingerprint density at radius 1 is 1.04 bits per heavy atom. The number of hydrogen-bond donors (Lipinski definition) is 2. The Morgan fingerprint density at radius 2 is 1.69 bits per heavy atom. The summed E-state index contributed by atoms with van der Waals surface area (Å²) in [5, 5.41) is 14.8. The monoisotopic (exact) mass is 728 g/mol. The van der Waals surface area contributed by atoms with Crippen LogP contribution in [0.4, 0.5) is 18.3 Å². The van der Waals surface area contributed by atoms with Gasteiger partial charge in [0.25, 0.3) is 0 Å². The lowest BCUT2D eigenvalue weighted by Gasteiger charge is -2.34. The molecule has 0 bridgehead atoms. The van der Waals surface area contributed by atoms with Crippen LogP contribution in [-0.4, -0.2) is 71.9 Å². The fourth-order valence-electron chi connectivity index (χ4n) is 5.94. The molecular weight excluding hydrogens is 688 g/mol. The third kappa shape index (κ3) is 11.8. The first kappa shape index (κ1) is 37.8. The molecule has 2 saturated heterocycles. The van der Waals surface area contributed by atoms with Crippen molar-refractivity contribution in [2.75, 3.05) is 37.7 Å². The van der Waals surface area contributed by atoms with Crippen molar-refractivity contribution in [2.24, 2.45) is 11.8 Å². The molecule has 2 atom stereocenters. The summed E-state index contributed by atoms with van der Waals surface area (Å²) in [4.78, 5) is 31.1. The number of ether oxygens (including phenoxy) is 1. The normalized spacial score (nSPS) is 18.9. The number of thiazole rings is 1. The van der Waals surface area contributed by atoms with Crippen LogP contribution in [-0.2, 0) is 16.1 Å². The fraction of sp³-hybridized carbons (Fsp3) is 0.500. The molecule has 0 saturated carbocycles. The van der Waals surface area contributed by atoms with Crippen LogP contribution >= 0.6 is 34.5 Å². The predicted octanol–water partition coefficient (Wildman–Crippen LogP) is 8.17. The van der Waals surface area contributed by atoms with Crippen molar-refractivity contribution >= 4 is 51.5 Å². The largest absolute Gasteiger partial charge is 0.494 e. The number of carboxylic acid groups (broad SMARTS) is 1. The molecule has 262 valence electrons. The number of nitrogens with one attached hydrogen (secondary N) is 1. The minimum atomic E-state index is -5.08. The number of rotatable bonds is 10. The maximum Gasteiger partial charge on any atom is 0.490 e. The van der Waals surface area contributed by atoms with E-state index in [0.717, 1.165) is 73.3 Å². The second kappa shape index (κ2) is 17.6. The number of aliphatic carboxylic acids is 1. The van der Waals surface area contributed by atoms with E-state index in [1.807, 2.05) is 30.3 Å². The number of likely N-dealkylation sites (tertiary alicyclic amines) is 1. The first-order valence-electron chi connectivity index (χ1n) is 16.0. The van der Waals surface area contributed by atoms with Crippen LogP contribution in [0.5, 0.6) is 5.75 Å². The summed E-state index contributed by atoms with van der Waals surface area (Å²) in [6.45, 7) is 10.1. The summed E-state index contributed by atoms with van der Waals surface area (Å²) >= 11 is 13.9. The molecule has 5 rings (SSSR count). The van der Waals surface area contributed by atoms with Crippen molar-refractivity contribution in [1.82, 2.24) is 15.2 Å². The van der Waals surface area contributed by atoms with Gasteiger partial charge in [-0.3, -0.25) is 9.69 Å². The molecule has 2 aromatic carbocycles. The third-order valence-electron chi connectivity index (χ3n) is 8.18. The maximum atomic E-state index is 12.5. The lowest BCUT2D eigenvalue weighted by Crippen LogP contribution is -2.44. The summed E-state index contributed by atoms with van der Waals surface area (Å²) < 4.78 is 37.7. The van der Waals surface area contributed by atoms with E-state index >= 15 is 0 Å². The molecule has 2 fully saturated rings. The van der Waals surface area contributed by atoms with Crippen molar-refractivity contribution in [3.05, 3.63) is 63.5 Å². The number of nitrogens with zero attached hydrogens (tertiary/aromatic N) is 3. The molecule has 2 aliphatic heterocycles. The van der Waals surface area contributed by atoms with Crippen molar-refractivity contribution in [2.45, 2.75) is 64.7 Å². The van der Waals surface area contributed by atoms with Crippen molar-refractivity contribution in [3.63, 3.8) is 0 Å². The van der Waals surface area contributed by atoms with Crippen LogP contribution in [0.25, 0.3) is 11.3 Å². The molecule has 48 heavy (non-hydrogen) atoms. The summed E-state index contributed by atoms with van der Waals surface area (Å²) in [5.74, 6) is -0.424. The van der Waals surface area contributed by atoms with Gasteiger partial charge in [-0.2, -0.15) is 13.2 Å². The zero-order chi connectivity index (χ0) is 34.8. The standard InChI is InChI=1S/C32H40Cl2N4O2S.C2HF3O2/c1-22-16-23(2)19-38(18-22)32-36-30(21-41-32)25-6-8-27(9-7-25)40-15-3-4-31(39)35-26-11-13-37(14-12-26)20-24-5-10-28(33)29(34)17-24;3-2(4,5)1(6)7/h5-10,17,21-23,26H,3-4,11-16,18-20H2,1-2H3,(H,35,39);(H,6,7). The summed E-state index contributed by atoms with van der Waals surface area (Å²) in [6, 6.07) is 14.1. The summed E-state index contributed by atoms with van der Waals surface area (Å²) in [7, 11) is 0. The zero-order valence-corrected chi connectivity index (χ0v) is 29.3. The van der Waals surface area contributed by atoms with Crippen LogP contribution in [0.2, 0.25) is 10.0 Å². The third-order valence-corrected chi connectivity index (χ3v) is 9.82. The molecular formula is C34H41Cl2F3N4O4S. The van der Waals surface area contributed by atoms with E-state index in [0.29, 0.717) is 41.3 Å². The topological polar surface area (TPSA) is 95.0 Å². The minimum Gasteiger partial charge on any atom is -0.494 e. The molecule has 3 aromatic rings. The molecule has 1 amide bonds. The summed E-state index contributed by atoms with van der Waals surface area (Å²) in [6.07, 6.45) is -0.731. The second-order valence-electron chi connectivity index (χ2n) is 12.5. The van der Waals surface area contributed by atoms with E-state index in [9.17, 15) is 18.0 Å². The SMILES string of the molecule is CC1CC(C)CN(c2nc(-c3ccc(OCCCC(=O)NC4CCN(Cc5ccc(Cl)c(Cl)c5)CC4)cc3)cs2)C1.O=C(O)C(F)(F)F. The van der Waals surface area contributed by atoms with Crippen LogP contribution in [0.3, 0.4) is 0 Å². The van der Waals surface area contributed by atoms with E-state index in [4.69, 9.17) is 42.8 Å². The van der Waals surface area contributed by atoms with Crippen LogP contribution in [0.15, 0.2) is 47.8 Å². The first-order valence-corrected chi connectivity index (χ1v) is 17.6. The lowest BCUT2D eigenvalue weighted by molar-refractivity contribution is -0.192. The van der Waals surface area contributed by atoms with E-state index in [2.05, 4.69) is 46.5 Å². The van der Waals surface area contributed by atoms with Gasteiger partial charge in [-0.25, -0.2) is 9.78 Å². The average molecular weight is 730 g/mol. The number of hydrogen-bond acceptors (Lipinski definition) is 7. The van der Waals surface area contributed by atoms with Crippen LogP contribution < -0.4 is 15.0 Å². The van der Waals surface area contributed by atoms with E-state index in [1.54, 1.807) is 11.3 Å². The Kier molecular flexibility index (Phi) is 13.8. The van der Waals surface area contributed by atoms with Crippen molar-refractivity contribution in [1.29, 1.82) is 0 Å². The van der Waals surface area contributed by atoms with Gasteiger partial charge in [-0.05, 0) is 79.5 Å². The molecule has 8 nitrogen and oxygen atoms in total. The second-order valence-corrected chi connectivity index (χ2v) is 14.2. The van der Waals surface area contributed by atoms with E-state index in [-0.39, 0.29) is 11.9 Å². The molecule has 0 spiro atoms. The number of alkyl halides is 3. The van der Waals surface area contributed by atoms with Gasteiger partial charge < -0.3 is 20.1 Å². The number of amides is 1. The molecule has 2 aliphatic rings. The Morgan fingerprint density at radius 3 is 2.29 bits per heavy atom. The van der Waals surface area contributed by atoms with Gasteiger partial charge in [-0.15, -0.1) is 11.3 Å². The van der Waals surface area contributed by atoms with Crippen LogP contribution in [0.1, 0.15) is 51.5 Å². The summed E-state index contributed by atoms with van der Waals surface area (Å²) in [5.41, 5.74) is 3.27. The van der Waals surface area contributed by atoms with E-state index < -0.39 is 12.1 Å². The quantitative estimate of drug-likeness (QED) is 0.204. The number of carbonyl (C=O) groups is 2. The van der Waals surface area contributed by atoms with Gasteiger partial charge in [0, 0.05) is 56.1 Å². The highest BCUT2D eigenvalue weighted by Gasteiger charge is 2.38. The van der Waals surface area contributed by atoms with Gasteiger partial charge in [0.15, 0.2) is 5.13 Å². The van der Waals surface area contributed by atoms with Crippen molar-refractivity contribution in [3.8, 4) is 17.0 Å². The zero-order valence-electron chi connectivity index (χ0n) is 26.9. The highest BCUT2D eigenvalue weighted by Crippen LogP contribution is 2.32. The predicted molar refractivity (Wildman–Crippen MR) is 184 cm³/mol. The number of anilines is 1. The smallest absolute Gasteiger partial charge is 0.490 e. The highest BCUT2D eigenvalue weighted by atomic mass is 35.5. The average Bonchev–Trinajstić information content (AvgIpc) is 3.53. The van der Waals surface area contributed by atoms with Gasteiger partial charge >= 0.3 is 12.1 Å². The molecule has 1 aromatic heterocycles. The number of carbonyl (C=O) groups excluding carboxylic acids is 1. The number of benzene rings is 2. The van der Waals surface area contributed by atoms with Gasteiger partial charge in [0.2, 0.25) is 5.91 Å². The number of piperidine rings is 2. The number of halogens is 5. The Hall–Kier alpha value is -3.06. The molecule has 3 heterocycles. The van der Waals surface area contributed by atoms with E-state index in [1.165, 1.54) is 6.42 Å². The van der Waals surface area contributed by atoms with Crippen LogP contribution in [0, 0.1) is 11.8 Å². The lowest BCUT2D eigenvalue weighted by atomic mass is 9.92. The molecule has 0 radical (unpaired) electrons. The number of carboxylic acids is 1. The first-order chi connectivity index (χ1) is 22.8. The Labute approximate surface area is 293 Å². The fourth-order valence-corrected chi connectivity index (χ4v) is 7.11. The van der Waals surface area contributed by atoms with Gasteiger partial charge in [0.1, 0.15) is 5.75 Å². The van der Waals surface area contributed by atoms with Gasteiger partial charge in [0.05, 0.1) is 22.3 Å². The Bertz CT molecular complexity index is 1490. The highest BCUT2D eigenvalue weighted by molar-refractivity contribution is 7.14. The molecule has 14 heteroatoms. The van der Waals surface area contributed by atoms with Gasteiger partial charge in [-0.1, -0.05) is 43.1 Å². The maximum absolute atomic E-state index is 12.5. The number of aromatic nitrogens is 1. The molecule has 2 unspecified atom stereocenters.